The van der Waals surface area contributed by atoms with E-state index in [0.29, 0.717) is 21.8 Å². The van der Waals surface area contributed by atoms with Gasteiger partial charge in [-0.15, -0.1) is 5.10 Å². The number of aromatic amines is 2. The first-order valence-electron chi connectivity index (χ1n) is 7.55. The predicted octanol–water partition coefficient (Wildman–Crippen LogP) is 0.0248. The Labute approximate surface area is 145 Å². The van der Waals surface area contributed by atoms with Crippen LogP contribution in [0.1, 0.15) is 5.82 Å². The van der Waals surface area contributed by atoms with E-state index in [1.807, 2.05) is 0 Å². The molecule has 0 radical (unpaired) electrons. The number of rotatable bonds is 6. The van der Waals surface area contributed by atoms with E-state index in [1.54, 1.807) is 31.2 Å². The number of hydrogen-bond donors (Lipinski definition) is 3. The number of carbonyl (C=O) groups excluding carboxylic acids is 1. The number of hydrogen-bond acceptors (Lipinski definition) is 6. The molecule has 1 aromatic carbocycles. The van der Waals surface area contributed by atoms with Gasteiger partial charge in [0.1, 0.15) is 5.82 Å². The van der Waals surface area contributed by atoms with E-state index >= 15 is 0 Å². The van der Waals surface area contributed by atoms with E-state index in [1.165, 1.54) is 16.4 Å². The Morgan fingerprint density at radius 1 is 1.28 bits per heavy atom. The minimum atomic E-state index is -0.336. The number of benzene rings is 1. The van der Waals surface area contributed by atoms with Crippen LogP contribution in [0.25, 0.3) is 10.8 Å². The highest BCUT2D eigenvalue weighted by Gasteiger charge is 2.08. The van der Waals surface area contributed by atoms with Crippen molar-refractivity contribution in [3.05, 3.63) is 50.8 Å². The highest BCUT2D eigenvalue weighted by atomic mass is 32.2. The van der Waals surface area contributed by atoms with Gasteiger partial charge in [-0.05, 0) is 19.1 Å². The molecular weight excluding hydrogens is 344 g/mol. The van der Waals surface area contributed by atoms with E-state index in [9.17, 15) is 14.4 Å². The molecule has 3 aromatic rings. The number of thioether (sulfide) groups is 1. The van der Waals surface area contributed by atoms with Crippen LogP contribution in [0.3, 0.4) is 0 Å². The number of carbonyl (C=O) groups is 1. The van der Waals surface area contributed by atoms with Gasteiger partial charge in [0.15, 0.2) is 0 Å². The molecule has 25 heavy (non-hydrogen) atoms. The quantitative estimate of drug-likeness (QED) is 0.532. The molecule has 0 fully saturated rings. The van der Waals surface area contributed by atoms with Gasteiger partial charge in [0.2, 0.25) is 11.1 Å². The minimum Gasteiger partial charge on any atom is -0.354 e. The first-order valence-corrected chi connectivity index (χ1v) is 8.53. The van der Waals surface area contributed by atoms with Crippen molar-refractivity contribution < 1.29 is 4.79 Å². The van der Waals surface area contributed by atoms with Gasteiger partial charge in [0.25, 0.3) is 11.1 Å². The summed E-state index contributed by atoms with van der Waals surface area (Å²) in [7, 11) is 0. The Hall–Kier alpha value is -2.88. The second kappa shape index (κ2) is 7.34. The zero-order chi connectivity index (χ0) is 17.8. The maximum absolute atomic E-state index is 12.3. The van der Waals surface area contributed by atoms with Crippen LogP contribution in [-0.4, -0.2) is 43.2 Å². The van der Waals surface area contributed by atoms with Crippen LogP contribution in [-0.2, 0) is 11.3 Å². The Morgan fingerprint density at radius 2 is 2.04 bits per heavy atom. The van der Waals surface area contributed by atoms with Crippen LogP contribution in [0.4, 0.5) is 0 Å². The molecule has 0 bridgehead atoms. The summed E-state index contributed by atoms with van der Waals surface area (Å²) in [6.07, 6.45) is 0. The monoisotopic (exact) mass is 360 g/mol. The van der Waals surface area contributed by atoms with Gasteiger partial charge in [-0.25, -0.2) is 9.67 Å². The lowest BCUT2D eigenvalue weighted by atomic mass is 10.2. The number of fused-ring (bicyclic) bond motifs is 1. The maximum atomic E-state index is 12.3. The lowest BCUT2D eigenvalue weighted by Gasteiger charge is -2.08. The van der Waals surface area contributed by atoms with Crippen molar-refractivity contribution in [1.29, 1.82) is 0 Å². The minimum absolute atomic E-state index is 0.167. The molecule has 3 rings (SSSR count). The van der Waals surface area contributed by atoms with Gasteiger partial charge in [-0.3, -0.25) is 24.6 Å². The molecule has 0 atom stereocenters. The lowest BCUT2D eigenvalue weighted by Crippen LogP contribution is -2.35. The summed E-state index contributed by atoms with van der Waals surface area (Å²) in [5, 5.41) is 13.1. The summed E-state index contributed by atoms with van der Waals surface area (Å²) >= 11 is 1.21. The smallest absolute Gasteiger partial charge is 0.273 e. The molecule has 1 amide bonds. The summed E-state index contributed by atoms with van der Waals surface area (Å²) in [4.78, 5) is 40.2. The molecule has 2 aromatic heterocycles. The Morgan fingerprint density at radius 3 is 2.76 bits per heavy atom. The number of aromatic nitrogens is 5. The summed E-state index contributed by atoms with van der Waals surface area (Å²) in [6, 6.07) is 6.62. The molecule has 10 heteroatoms. The highest BCUT2D eigenvalue weighted by Crippen LogP contribution is 2.10. The van der Waals surface area contributed by atoms with Crippen molar-refractivity contribution in [3.8, 4) is 0 Å². The van der Waals surface area contributed by atoms with Crippen LogP contribution in [0.5, 0.6) is 0 Å². The normalized spacial score (nSPS) is 10.9. The van der Waals surface area contributed by atoms with Crippen LogP contribution in [0.15, 0.2) is 39.0 Å². The van der Waals surface area contributed by atoms with Crippen molar-refractivity contribution in [2.75, 3.05) is 12.3 Å². The molecule has 0 saturated heterocycles. The molecular formula is C15H16N6O3S. The number of nitrogens with one attached hydrogen (secondary N) is 3. The van der Waals surface area contributed by atoms with Crippen LogP contribution >= 0.6 is 11.8 Å². The molecule has 2 heterocycles. The number of aryl methyl sites for hydroxylation is 1. The molecule has 0 aliphatic carbocycles. The number of amides is 1. The average Bonchev–Trinajstić information content (AvgIpc) is 3.03. The van der Waals surface area contributed by atoms with Crippen LogP contribution in [0.2, 0.25) is 0 Å². The van der Waals surface area contributed by atoms with E-state index in [0.717, 1.165) is 0 Å². The van der Waals surface area contributed by atoms with E-state index in [2.05, 4.69) is 25.6 Å². The van der Waals surface area contributed by atoms with Gasteiger partial charge >= 0.3 is 0 Å². The second-order valence-electron chi connectivity index (χ2n) is 5.29. The fourth-order valence-corrected chi connectivity index (χ4v) is 2.95. The first kappa shape index (κ1) is 17.0. The fraction of sp³-hybridized carbons (Fsp3) is 0.267. The fourth-order valence-electron chi connectivity index (χ4n) is 2.28. The number of H-pyrrole nitrogens is 2. The maximum Gasteiger partial charge on any atom is 0.273 e. The van der Waals surface area contributed by atoms with Crippen LogP contribution < -0.4 is 16.4 Å². The molecule has 9 nitrogen and oxygen atoms in total. The van der Waals surface area contributed by atoms with Crippen molar-refractivity contribution in [2.24, 2.45) is 0 Å². The van der Waals surface area contributed by atoms with Crippen molar-refractivity contribution in [3.63, 3.8) is 0 Å². The Bertz CT molecular complexity index is 1020. The van der Waals surface area contributed by atoms with Gasteiger partial charge in [0.05, 0.1) is 23.1 Å². The van der Waals surface area contributed by atoms with Crippen molar-refractivity contribution >= 4 is 28.4 Å². The standard InChI is InChI=1S/C15H16N6O3S/c1-9-17-15(19-18-9)25-8-12(22)16-6-7-21-14(24)11-5-3-2-4-10(11)13(23)20-21/h2-5H,6-8H2,1H3,(H,16,22)(H,20,23)(H,17,18,19). The SMILES string of the molecule is Cc1nc(SCC(=O)NCCn2[nH]c(=O)c3ccccc3c2=O)n[nH]1. The van der Waals surface area contributed by atoms with E-state index < -0.39 is 0 Å². The van der Waals surface area contributed by atoms with Crippen molar-refractivity contribution in [1.82, 2.24) is 30.3 Å². The topological polar surface area (TPSA) is 126 Å². The molecule has 0 saturated carbocycles. The van der Waals surface area contributed by atoms with Gasteiger partial charge in [-0.2, -0.15) is 0 Å². The molecule has 0 aliphatic rings. The average molecular weight is 360 g/mol. The van der Waals surface area contributed by atoms with Gasteiger partial charge in [-0.1, -0.05) is 23.9 Å². The summed E-state index contributed by atoms with van der Waals surface area (Å²) in [6.45, 7) is 2.18. The largest absolute Gasteiger partial charge is 0.354 e. The predicted molar refractivity (Wildman–Crippen MR) is 93.7 cm³/mol. The van der Waals surface area contributed by atoms with Crippen LogP contribution in [0, 0.1) is 6.92 Å². The first-order chi connectivity index (χ1) is 12.0. The Balaban J connectivity index is 1.58. The zero-order valence-corrected chi connectivity index (χ0v) is 14.2. The number of nitrogens with zero attached hydrogens (tertiary/aromatic N) is 3. The second-order valence-corrected chi connectivity index (χ2v) is 6.23. The third kappa shape index (κ3) is 3.97. The van der Waals surface area contributed by atoms with Gasteiger partial charge in [0, 0.05) is 6.54 Å². The van der Waals surface area contributed by atoms with E-state index in [4.69, 9.17) is 0 Å². The molecule has 0 unspecified atom stereocenters. The summed E-state index contributed by atoms with van der Waals surface area (Å²) in [5.74, 6) is 0.645. The summed E-state index contributed by atoms with van der Waals surface area (Å²) < 4.78 is 1.21. The molecule has 130 valence electrons. The molecule has 0 aliphatic heterocycles. The molecule has 3 N–H and O–H groups in total. The van der Waals surface area contributed by atoms with Crippen molar-refractivity contribution in [2.45, 2.75) is 18.6 Å². The Kier molecular flexibility index (Phi) is 4.98. The summed E-state index contributed by atoms with van der Waals surface area (Å²) in [5.41, 5.74) is -0.632. The van der Waals surface area contributed by atoms with E-state index in [-0.39, 0.29) is 35.9 Å². The lowest BCUT2D eigenvalue weighted by molar-refractivity contribution is -0.118. The third-order valence-corrected chi connectivity index (χ3v) is 4.30. The zero-order valence-electron chi connectivity index (χ0n) is 13.4. The molecule has 0 spiro atoms. The van der Waals surface area contributed by atoms with Gasteiger partial charge < -0.3 is 5.32 Å². The highest BCUT2D eigenvalue weighted by molar-refractivity contribution is 7.99. The third-order valence-electron chi connectivity index (χ3n) is 3.45.